The van der Waals surface area contributed by atoms with Gasteiger partial charge in [0, 0.05) is 0 Å². The summed E-state index contributed by atoms with van der Waals surface area (Å²) < 4.78 is 8.73. The third-order valence-electron chi connectivity index (χ3n) is 2.39. The number of nitrogens with zero attached hydrogens (tertiary/aromatic N) is 2. The predicted molar refractivity (Wildman–Crippen MR) is 77.1 cm³/mol. The van der Waals surface area contributed by atoms with E-state index in [0.29, 0.717) is 11.1 Å². The monoisotopic (exact) mass is 321 g/mol. The van der Waals surface area contributed by atoms with Crippen molar-refractivity contribution in [1.82, 2.24) is 5.32 Å². The summed E-state index contributed by atoms with van der Waals surface area (Å²) in [6.07, 6.45) is -1.80. The van der Waals surface area contributed by atoms with Crippen LogP contribution in [0.3, 0.4) is 0 Å². The normalized spacial score (nSPS) is 12.1. The Bertz CT molecular complexity index is 588. The molecule has 0 saturated carbocycles. The number of hydrogen-bond donors (Lipinski definition) is 1. The van der Waals surface area contributed by atoms with Crippen LogP contribution >= 0.6 is 0 Å². The number of benzene rings is 1. The third-order valence-corrected chi connectivity index (χ3v) is 2.39. The van der Waals surface area contributed by atoms with Gasteiger partial charge in [0.2, 0.25) is 0 Å². The molecule has 0 aliphatic carbocycles. The Morgan fingerprint density at radius 2 is 1.30 bits per heavy atom. The van der Waals surface area contributed by atoms with Crippen LogP contribution in [0.5, 0.6) is 0 Å². The summed E-state index contributed by atoms with van der Waals surface area (Å²) in [5, 5.41) is 8.05. The minimum atomic E-state index is -0.898. The molecule has 1 aliphatic rings. The van der Waals surface area contributed by atoms with Crippen LogP contribution in [0, 0.1) is 0 Å². The molecule has 122 valence electrons. The summed E-state index contributed by atoms with van der Waals surface area (Å²) in [5.74, 6) is -0.601. The molecule has 0 atom stereocenters. The topological polar surface area (TPSA) is 123 Å². The van der Waals surface area contributed by atoms with Crippen molar-refractivity contribution < 1.29 is 28.7 Å². The molecule has 2 rings (SSSR count). The second-order valence-corrected chi connectivity index (χ2v) is 3.93. The largest absolute Gasteiger partial charge is 0.452 e. The van der Waals surface area contributed by atoms with E-state index >= 15 is 0 Å². The Kier molecular flexibility index (Phi) is 7.05. The first-order valence-electron chi connectivity index (χ1n) is 6.69. The van der Waals surface area contributed by atoms with Gasteiger partial charge in [0.05, 0.1) is 24.3 Å². The lowest BCUT2D eigenvalue weighted by Crippen LogP contribution is -2.19. The number of carbonyl (C=O) groups excluding carboxylic acids is 4. The fraction of sp³-hybridized carbons (Fsp3) is 0.286. The number of ether oxygens (including phenoxy) is 2. The van der Waals surface area contributed by atoms with E-state index in [2.05, 4.69) is 25.0 Å². The van der Waals surface area contributed by atoms with Crippen LogP contribution in [0.1, 0.15) is 34.6 Å². The zero-order chi connectivity index (χ0) is 17.2. The lowest BCUT2D eigenvalue weighted by Gasteiger charge is -1.93. The van der Waals surface area contributed by atoms with Gasteiger partial charge in [-0.15, -0.1) is 0 Å². The zero-order valence-electron chi connectivity index (χ0n) is 12.6. The lowest BCUT2D eigenvalue weighted by atomic mass is 10.1. The Hall–Kier alpha value is -3.10. The van der Waals surface area contributed by atoms with Gasteiger partial charge in [-0.2, -0.15) is 0 Å². The molecule has 1 aliphatic heterocycles. The van der Waals surface area contributed by atoms with Crippen LogP contribution in [0.25, 0.3) is 0 Å². The molecule has 4 amide bonds. The third kappa shape index (κ3) is 5.65. The van der Waals surface area contributed by atoms with Crippen LogP contribution in [0.4, 0.5) is 9.59 Å². The standard InChI is InChI=1S/C8H5NO2.C6H10N2O4/c10-7-5-3-1-2-4-6(5)8(11)9-7;1-3-11-5(9)7-8-6(10)12-4-2/h1-4H,(H,9,10,11);3-4H2,1-2H3. The van der Waals surface area contributed by atoms with Crippen molar-refractivity contribution >= 4 is 24.0 Å². The number of azo groups is 1. The van der Waals surface area contributed by atoms with Crippen molar-refractivity contribution in [2.75, 3.05) is 13.2 Å². The fourth-order valence-electron chi connectivity index (χ4n) is 1.50. The van der Waals surface area contributed by atoms with Crippen molar-refractivity contribution in [1.29, 1.82) is 0 Å². The molecule has 0 saturated heterocycles. The summed E-state index contributed by atoms with van der Waals surface area (Å²) in [6, 6.07) is 6.74. The first-order valence-corrected chi connectivity index (χ1v) is 6.69. The number of nitrogens with one attached hydrogen (secondary N) is 1. The van der Waals surface area contributed by atoms with Gasteiger partial charge in [0.15, 0.2) is 0 Å². The van der Waals surface area contributed by atoms with Crippen LogP contribution in [-0.4, -0.2) is 37.2 Å². The van der Waals surface area contributed by atoms with Crippen molar-refractivity contribution in [3.63, 3.8) is 0 Å². The zero-order valence-corrected chi connectivity index (χ0v) is 12.6. The molecule has 1 aromatic carbocycles. The van der Waals surface area contributed by atoms with Gasteiger partial charge in [-0.25, -0.2) is 9.59 Å². The number of rotatable bonds is 2. The highest BCUT2D eigenvalue weighted by Crippen LogP contribution is 2.13. The van der Waals surface area contributed by atoms with Crippen LogP contribution in [0.15, 0.2) is 34.5 Å². The van der Waals surface area contributed by atoms with Crippen molar-refractivity contribution in [3.8, 4) is 0 Å². The number of fused-ring (bicyclic) bond motifs is 1. The van der Waals surface area contributed by atoms with Crippen molar-refractivity contribution in [2.45, 2.75) is 13.8 Å². The van der Waals surface area contributed by atoms with E-state index in [4.69, 9.17) is 0 Å². The summed E-state index contributed by atoms with van der Waals surface area (Å²) in [6.45, 7) is 3.64. The molecule has 1 N–H and O–H groups in total. The van der Waals surface area contributed by atoms with E-state index in [1.165, 1.54) is 0 Å². The molecule has 1 aromatic rings. The predicted octanol–water partition coefficient (Wildman–Crippen LogP) is 2.32. The van der Waals surface area contributed by atoms with Gasteiger partial charge in [0.1, 0.15) is 0 Å². The number of hydrogen-bond acceptors (Lipinski definition) is 6. The van der Waals surface area contributed by atoms with E-state index in [9.17, 15) is 19.2 Å². The maximum Gasteiger partial charge on any atom is 0.452 e. The average molecular weight is 321 g/mol. The quantitative estimate of drug-likeness (QED) is 0.658. The molecule has 0 unspecified atom stereocenters. The Labute approximate surface area is 131 Å². The molecule has 0 spiro atoms. The van der Waals surface area contributed by atoms with Gasteiger partial charge >= 0.3 is 12.2 Å². The molecular formula is C14H15N3O6. The minimum absolute atomic E-state index is 0.195. The first-order chi connectivity index (χ1) is 11.0. The fourth-order valence-corrected chi connectivity index (χ4v) is 1.50. The summed E-state index contributed by atoms with van der Waals surface area (Å²) in [5.41, 5.74) is 0.940. The van der Waals surface area contributed by atoms with Crippen LogP contribution in [0.2, 0.25) is 0 Å². The number of amides is 4. The molecular weight excluding hydrogens is 306 g/mol. The molecule has 0 aromatic heterocycles. The smallest absolute Gasteiger partial charge is 0.447 e. The van der Waals surface area contributed by atoms with Crippen LogP contribution < -0.4 is 5.32 Å². The molecule has 9 heteroatoms. The molecule has 0 bridgehead atoms. The maximum atomic E-state index is 10.9. The average Bonchev–Trinajstić information content (AvgIpc) is 2.82. The van der Waals surface area contributed by atoms with Crippen molar-refractivity contribution in [3.05, 3.63) is 35.4 Å². The summed E-state index contributed by atoms with van der Waals surface area (Å²) in [7, 11) is 0. The number of carbonyl (C=O) groups is 4. The maximum absolute atomic E-state index is 10.9. The Morgan fingerprint density at radius 1 is 0.913 bits per heavy atom. The van der Waals surface area contributed by atoms with Crippen molar-refractivity contribution in [2.24, 2.45) is 10.2 Å². The van der Waals surface area contributed by atoms with Gasteiger partial charge in [0.25, 0.3) is 11.8 Å². The highest BCUT2D eigenvalue weighted by molar-refractivity contribution is 6.21. The second-order valence-electron chi connectivity index (χ2n) is 3.93. The minimum Gasteiger partial charge on any atom is -0.447 e. The van der Waals surface area contributed by atoms with E-state index in [0.717, 1.165) is 0 Å². The van der Waals surface area contributed by atoms with E-state index in [-0.39, 0.29) is 25.0 Å². The highest BCUT2D eigenvalue weighted by Gasteiger charge is 2.25. The molecule has 0 fully saturated rings. The lowest BCUT2D eigenvalue weighted by molar-refractivity contribution is 0.0879. The number of imide groups is 1. The molecule has 23 heavy (non-hydrogen) atoms. The Morgan fingerprint density at radius 3 is 1.65 bits per heavy atom. The molecule has 9 nitrogen and oxygen atoms in total. The second kappa shape index (κ2) is 9.03. The summed E-state index contributed by atoms with van der Waals surface area (Å²) >= 11 is 0. The SMILES string of the molecule is CCOC(=O)N=NC(=O)OCC.O=C1NC(=O)c2ccccc21. The molecule has 0 radical (unpaired) electrons. The van der Waals surface area contributed by atoms with E-state index < -0.39 is 12.2 Å². The highest BCUT2D eigenvalue weighted by atomic mass is 16.6. The van der Waals surface area contributed by atoms with Crippen LogP contribution in [-0.2, 0) is 9.47 Å². The first kappa shape index (κ1) is 18.0. The van der Waals surface area contributed by atoms with Gasteiger partial charge in [-0.1, -0.05) is 22.4 Å². The Balaban J connectivity index is 0.000000230. The summed E-state index contributed by atoms with van der Waals surface area (Å²) in [4.78, 5) is 42.8. The van der Waals surface area contributed by atoms with Gasteiger partial charge < -0.3 is 9.47 Å². The molecule has 1 heterocycles. The van der Waals surface area contributed by atoms with Gasteiger partial charge in [-0.05, 0) is 26.0 Å². The van der Waals surface area contributed by atoms with Gasteiger partial charge in [-0.3, -0.25) is 14.9 Å². The van der Waals surface area contributed by atoms with E-state index in [1.54, 1.807) is 38.1 Å². The van der Waals surface area contributed by atoms with E-state index in [1.807, 2.05) is 0 Å².